The molecule has 2 heteroatoms. The molecule has 7 heavy (non-hydrogen) atoms. The summed E-state index contributed by atoms with van der Waals surface area (Å²) >= 11 is 3.88. The van der Waals surface area contributed by atoms with Gasteiger partial charge in [0.2, 0.25) is 0 Å². The predicted octanol–water partition coefficient (Wildman–Crippen LogP) is 2.33. The molecular weight excluding hydrogens is 124 g/mol. The maximum Gasteiger partial charge on any atom is 0.00712 e. The van der Waals surface area contributed by atoms with Crippen molar-refractivity contribution in [2.75, 3.05) is 11.5 Å². The zero-order valence-electron chi connectivity index (χ0n) is 4.31. The molecule has 0 radical (unpaired) electrons. The molecule has 0 atom stereocenters. The van der Waals surface area contributed by atoms with Crippen molar-refractivity contribution >= 4 is 23.5 Å². The third-order valence-corrected chi connectivity index (χ3v) is 3.13. The van der Waals surface area contributed by atoms with Crippen molar-refractivity contribution in [2.24, 2.45) is 0 Å². The van der Waals surface area contributed by atoms with E-state index in [1.807, 2.05) is 23.5 Å². The average molecular weight is 132 g/mol. The number of allylic oxidation sites excluding steroid dienone is 1. The highest BCUT2D eigenvalue weighted by Gasteiger charge is 1.96. The van der Waals surface area contributed by atoms with Gasteiger partial charge < -0.3 is 0 Å². The first-order chi connectivity index (χ1) is 3.39. The Bertz CT molecular complexity index is 86.1. The van der Waals surface area contributed by atoms with E-state index in [0.29, 0.717) is 0 Å². The van der Waals surface area contributed by atoms with Gasteiger partial charge in [0.25, 0.3) is 0 Å². The van der Waals surface area contributed by atoms with Gasteiger partial charge in [-0.25, -0.2) is 0 Å². The van der Waals surface area contributed by atoms with E-state index in [4.69, 9.17) is 0 Å². The second-order valence-electron chi connectivity index (χ2n) is 1.45. The van der Waals surface area contributed by atoms with E-state index in [2.05, 4.69) is 12.3 Å². The summed E-state index contributed by atoms with van der Waals surface area (Å²) < 4.78 is 0. The van der Waals surface area contributed by atoms with Gasteiger partial charge >= 0.3 is 0 Å². The summed E-state index contributed by atoms with van der Waals surface area (Å²) in [6.45, 7) is 2.16. The first-order valence-corrected chi connectivity index (χ1v) is 4.34. The molecule has 0 aromatic heterocycles. The highest BCUT2D eigenvalue weighted by molar-refractivity contribution is 8.09. The molecule has 0 aromatic rings. The van der Waals surface area contributed by atoms with Gasteiger partial charge in [0, 0.05) is 11.5 Å². The number of hydrogen-bond donors (Lipinski definition) is 0. The molecule has 0 aromatic carbocycles. The number of rotatable bonds is 0. The van der Waals surface area contributed by atoms with Gasteiger partial charge in [0.15, 0.2) is 0 Å². The van der Waals surface area contributed by atoms with Crippen molar-refractivity contribution in [1.82, 2.24) is 0 Å². The third kappa shape index (κ3) is 1.78. The largest absolute Gasteiger partial charge is 0.132 e. The van der Waals surface area contributed by atoms with Gasteiger partial charge in [-0.2, -0.15) is 0 Å². The lowest BCUT2D eigenvalue weighted by Gasteiger charge is -2.04. The van der Waals surface area contributed by atoms with Gasteiger partial charge in [-0.15, -0.1) is 23.5 Å². The van der Waals surface area contributed by atoms with Crippen LogP contribution in [-0.2, 0) is 0 Å². The summed E-state index contributed by atoms with van der Waals surface area (Å²) in [5.41, 5.74) is 0. The SMILES string of the molecule is CC1=CSCCS1. The molecular formula is C5H8S2. The fourth-order valence-electron chi connectivity index (χ4n) is 0.461. The molecule has 0 saturated heterocycles. The maximum absolute atomic E-state index is 2.23. The number of hydrogen-bond acceptors (Lipinski definition) is 2. The van der Waals surface area contributed by atoms with Gasteiger partial charge in [0.1, 0.15) is 0 Å². The van der Waals surface area contributed by atoms with E-state index in [-0.39, 0.29) is 0 Å². The van der Waals surface area contributed by atoms with Crippen LogP contribution < -0.4 is 0 Å². The van der Waals surface area contributed by atoms with Crippen LogP contribution in [0.25, 0.3) is 0 Å². The second-order valence-corrected chi connectivity index (χ2v) is 3.77. The Kier molecular flexibility index (Phi) is 2.13. The van der Waals surface area contributed by atoms with Crippen LogP contribution in [0.2, 0.25) is 0 Å². The smallest absolute Gasteiger partial charge is 0.00712 e. The van der Waals surface area contributed by atoms with Crippen LogP contribution in [0.5, 0.6) is 0 Å². The van der Waals surface area contributed by atoms with Gasteiger partial charge in [-0.3, -0.25) is 0 Å². The summed E-state index contributed by atoms with van der Waals surface area (Å²) in [6, 6.07) is 0. The van der Waals surface area contributed by atoms with Crippen molar-refractivity contribution in [3.05, 3.63) is 10.3 Å². The molecule has 0 aliphatic carbocycles. The summed E-state index contributed by atoms with van der Waals surface area (Å²) in [6.07, 6.45) is 0. The maximum atomic E-state index is 2.23. The van der Waals surface area contributed by atoms with Gasteiger partial charge in [-0.1, -0.05) is 0 Å². The summed E-state index contributed by atoms with van der Waals surface area (Å²) in [5, 5.41) is 2.23. The molecule has 0 N–H and O–H groups in total. The molecule has 1 heterocycles. The molecule has 0 unspecified atom stereocenters. The lowest BCUT2D eigenvalue weighted by Crippen LogP contribution is -1.86. The Morgan fingerprint density at radius 1 is 1.57 bits per heavy atom. The van der Waals surface area contributed by atoms with Crippen molar-refractivity contribution in [3.8, 4) is 0 Å². The Morgan fingerprint density at radius 2 is 2.43 bits per heavy atom. The zero-order chi connectivity index (χ0) is 5.11. The standard InChI is InChI=1S/C5H8S2/c1-5-4-6-2-3-7-5/h4H,2-3H2,1H3. The molecule has 1 aliphatic heterocycles. The van der Waals surface area contributed by atoms with Crippen molar-refractivity contribution in [2.45, 2.75) is 6.92 Å². The third-order valence-electron chi connectivity index (χ3n) is 0.780. The first kappa shape index (κ1) is 5.57. The molecule has 0 bridgehead atoms. The summed E-state index contributed by atoms with van der Waals surface area (Å²) in [7, 11) is 0. The van der Waals surface area contributed by atoms with Crippen LogP contribution >= 0.6 is 23.5 Å². The molecule has 0 amide bonds. The van der Waals surface area contributed by atoms with Gasteiger partial charge in [-0.05, 0) is 17.2 Å². The van der Waals surface area contributed by atoms with Crippen molar-refractivity contribution in [1.29, 1.82) is 0 Å². The van der Waals surface area contributed by atoms with Crippen LogP contribution in [0.3, 0.4) is 0 Å². The Balaban J connectivity index is 2.40. The fraction of sp³-hybridized carbons (Fsp3) is 0.600. The summed E-state index contributed by atoms with van der Waals surface area (Å²) in [4.78, 5) is 1.47. The molecule has 0 spiro atoms. The highest BCUT2D eigenvalue weighted by Crippen LogP contribution is 2.25. The van der Waals surface area contributed by atoms with E-state index in [1.165, 1.54) is 16.4 Å². The van der Waals surface area contributed by atoms with E-state index in [9.17, 15) is 0 Å². The van der Waals surface area contributed by atoms with E-state index < -0.39 is 0 Å². The van der Waals surface area contributed by atoms with Crippen LogP contribution in [-0.4, -0.2) is 11.5 Å². The van der Waals surface area contributed by atoms with Crippen LogP contribution in [0.15, 0.2) is 10.3 Å². The molecule has 0 fully saturated rings. The minimum Gasteiger partial charge on any atom is -0.132 e. The lowest BCUT2D eigenvalue weighted by atomic mass is 10.7. The summed E-state index contributed by atoms with van der Waals surface area (Å²) in [5.74, 6) is 2.59. The van der Waals surface area contributed by atoms with Gasteiger partial charge in [0.05, 0.1) is 0 Å². The Hall–Kier alpha value is 0.440. The minimum atomic E-state index is 1.29. The average Bonchev–Trinajstić information content (AvgIpc) is 1.69. The molecule has 0 nitrogen and oxygen atoms in total. The Morgan fingerprint density at radius 3 is 2.71 bits per heavy atom. The van der Waals surface area contributed by atoms with E-state index >= 15 is 0 Å². The Labute approximate surface area is 52.7 Å². The topological polar surface area (TPSA) is 0 Å². The molecule has 1 rings (SSSR count). The lowest BCUT2D eigenvalue weighted by molar-refractivity contribution is 1.53. The zero-order valence-corrected chi connectivity index (χ0v) is 5.94. The molecule has 0 saturated carbocycles. The quantitative estimate of drug-likeness (QED) is 0.496. The van der Waals surface area contributed by atoms with Crippen molar-refractivity contribution in [3.63, 3.8) is 0 Å². The predicted molar refractivity (Wildman–Crippen MR) is 38.7 cm³/mol. The van der Waals surface area contributed by atoms with Crippen LogP contribution in [0, 0.1) is 0 Å². The highest BCUT2D eigenvalue weighted by atomic mass is 32.2. The fourth-order valence-corrected chi connectivity index (χ4v) is 2.33. The monoisotopic (exact) mass is 132 g/mol. The first-order valence-electron chi connectivity index (χ1n) is 2.31. The molecule has 40 valence electrons. The van der Waals surface area contributed by atoms with Crippen LogP contribution in [0.4, 0.5) is 0 Å². The molecule has 1 aliphatic rings. The minimum absolute atomic E-state index is 1.29. The normalized spacial score (nSPS) is 21.6. The second kappa shape index (κ2) is 2.68. The van der Waals surface area contributed by atoms with E-state index in [0.717, 1.165) is 0 Å². The number of thioether (sulfide) groups is 2. The van der Waals surface area contributed by atoms with Crippen LogP contribution in [0.1, 0.15) is 6.92 Å². The van der Waals surface area contributed by atoms with E-state index in [1.54, 1.807) is 0 Å². The van der Waals surface area contributed by atoms with Crippen molar-refractivity contribution < 1.29 is 0 Å².